The van der Waals surface area contributed by atoms with Crippen LogP contribution in [0.15, 0.2) is 188 Å². The van der Waals surface area contributed by atoms with Crippen LogP contribution in [-0.4, -0.2) is 76.4 Å². The molecule has 0 fully saturated rings. The molecule has 2 amide bonds. The molecule has 0 saturated carbocycles. The van der Waals surface area contributed by atoms with Gasteiger partial charge < -0.3 is 69.5 Å². The summed E-state index contributed by atoms with van der Waals surface area (Å²) >= 11 is 4.81. The molecular formula is C61H73Cl2LiN4O17. The van der Waals surface area contributed by atoms with Gasteiger partial charge in [-0.05, 0) is 95.6 Å². The molecular weight excluding hydrogens is 1140 g/mol. The fraction of sp³-hybridized carbons (Fsp3) is 0.246. The van der Waals surface area contributed by atoms with Gasteiger partial charge in [0.15, 0.2) is 25.3 Å². The molecule has 85 heavy (non-hydrogen) atoms. The summed E-state index contributed by atoms with van der Waals surface area (Å²) in [6.45, 7) is 2.76. The summed E-state index contributed by atoms with van der Waals surface area (Å²) in [7, 11) is 0. The van der Waals surface area contributed by atoms with Crippen LogP contribution in [0.4, 0.5) is 0 Å². The van der Waals surface area contributed by atoms with E-state index in [4.69, 9.17) is 50.1 Å². The first-order chi connectivity index (χ1) is 39.3. The number of nitrogens with two attached hydrogens (primary N) is 2. The number of halogens is 2. The summed E-state index contributed by atoms with van der Waals surface area (Å²) in [5.74, 6) is 7.40. The number of benzene rings is 4. The van der Waals surface area contributed by atoms with E-state index in [-0.39, 0.29) is 74.4 Å². The molecule has 0 atom stereocenters. The smallest absolute Gasteiger partial charge is 0.870 e. The second-order valence-electron chi connectivity index (χ2n) is 16.9. The molecule has 0 aliphatic rings. The van der Waals surface area contributed by atoms with Crippen LogP contribution in [0, 0.1) is 0 Å². The zero-order valence-corrected chi connectivity index (χ0v) is 49.1. The molecule has 454 valence electrons. The van der Waals surface area contributed by atoms with Crippen molar-refractivity contribution < 1.29 is 101 Å². The Morgan fingerprint density at radius 2 is 0.894 bits per heavy atom. The molecule has 8 rings (SSSR count). The van der Waals surface area contributed by atoms with Crippen molar-refractivity contribution in [3.8, 4) is 5.95 Å². The maximum Gasteiger partial charge on any atom is 1.00 e. The Morgan fingerprint density at radius 3 is 1.29 bits per heavy atom. The van der Waals surface area contributed by atoms with Crippen molar-refractivity contribution in [2.75, 3.05) is 19.8 Å². The molecule has 0 bridgehead atoms. The summed E-state index contributed by atoms with van der Waals surface area (Å²) in [6.07, 6.45) is 6.16. The number of esters is 2. The summed E-state index contributed by atoms with van der Waals surface area (Å²) in [6, 6.07) is 55.2. The molecule has 0 spiro atoms. The minimum Gasteiger partial charge on any atom is -0.870 e. The number of carbonyl (C=O) groups is 6. The quantitative estimate of drug-likeness (QED) is 0.0158. The zero-order valence-electron chi connectivity index (χ0n) is 47.5. The maximum absolute atomic E-state index is 11.4. The summed E-state index contributed by atoms with van der Waals surface area (Å²) in [4.78, 5) is 63.0. The molecule has 4 heterocycles. The van der Waals surface area contributed by atoms with Gasteiger partial charge in [0.1, 0.15) is 47.8 Å². The Balaban J connectivity index is 0. The molecule has 8 aromatic rings. The van der Waals surface area contributed by atoms with Crippen LogP contribution >= 0.6 is 24.0 Å². The van der Waals surface area contributed by atoms with Crippen molar-refractivity contribution in [2.45, 2.75) is 78.6 Å². The number of furan rings is 4. The molecule has 0 aliphatic heterocycles. The van der Waals surface area contributed by atoms with Crippen LogP contribution in [0.1, 0.15) is 81.2 Å². The van der Waals surface area contributed by atoms with Gasteiger partial charge >= 0.3 is 30.8 Å². The topological polar surface area (TPSA) is 361 Å². The van der Waals surface area contributed by atoms with Gasteiger partial charge in [-0.15, -0.1) is 12.4 Å². The van der Waals surface area contributed by atoms with E-state index < -0.39 is 29.7 Å². The van der Waals surface area contributed by atoms with E-state index in [1.165, 1.54) is 30.5 Å². The summed E-state index contributed by atoms with van der Waals surface area (Å²) in [5, 5.41) is 19.5. The van der Waals surface area contributed by atoms with Gasteiger partial charge in [-0.25, -0.2) is 5.90 Å². The van der Waals surface area contributed by atoms with Crippen LogP contribution < -0.4 is 45.9 Å². The number of hydrogen-bond donors (Lipinski definition) is 6. The SMILES string of the molecule is CC(=O)OCC(=O)Cl.CC(=O)OCC(=O)NCc1ccc(CCc2ccccc2)o1.Cl.NCc1ccc(CCc2ccccc2)o1.NO.O.O=C(CO)NCc1ccc(OCc2ccccc2)o1.O=Cc1ccc(CCc2ccccc2)o1.[Li+].[OH-]. The molecule has 4 aromatic heterocycles. The number of aryl methyl sites for hydroxylation is 6. The third-order valence-corrected chi connectivity index (χ3v) is 10.8. The van der Waals surface area contributed by atoms with Crippen molar-refractivity contribution in [1.29, 1.82) is 0 Å². The predicted octanol–water partition coefficient (Wildman–Crippen LogP) is 5.19. The van der Waals surface area contributed by atoms with E-state index in [2.05, 4.69) is 74.5 Å². The van der Waals surface area contributed by atoms with Gasteiger partial charge in [-0.3, -0.25) is 28.8 Å². The molecule has 0 radical (unpaired) electrons. The van der Waals surface area contributed by atoms with Crippen LogP contribution in [0.3, 0.4) is 0 Å². The number of aliphatic hydroxyl groups excluding tert-OH is 1. The van der Waals surface area contributed by atoms with E-state index >= 15 is 0 Å². The first kappa shape index (κ1) is 79.0. The molecule has 0 unspecified atom stereocenters. The second kappa shape index (κ2) is 48.3. The molecule has 4 aromatic carbocycles. The van der Waals surface area contributed by atoms with Gasteiger partial charge in [0, 0.05) is 39.2 Å². The number of ether oxygens (including phenoxy) is 3. The minimum absolute atomic E-state index is 0. The standard InChI is InChI=1S/C17H19NO4.C14H15NO4.C13H15NO.C13H12O2.C4H5ClO3.ClH.Li.H3NO.2H2O/c1-13(19)21-12-17(20)18-11-16-10-9-15(22-16)8-7-14-5-3-2-4-6-14;16-9-13(17)15-8-12-6-7-14(19-12)18-10-11-4-2-1-3-5-11;2*14-10-13-9-8-12(15-13)7-6-11-4-2-1-3-5-11;1-3(6)8-2-4(5)7;;;1-2;;/h2-6,9-10H,7-8,11-12H2,1H3,(H,18,20);1-7,16H,8-10H2,(H,15,17);1-5,8-9H,6-7,10,14H2;1-5,8-10H,6-7H2;2H2,1H3;1H;;2H,1H2;2*1H2/q;;;;;;+1;;;/p-1. The fourth-order valence-corrected chi connectivity index (χ4v) is 6.76. The molecule has 11 N–H and O–H groups in total. The number of carbonyl (C=O) groups excluding carboxylic acids is 6. The largest absolute Gasteiger partial charge is 1.00 e. The second-order valence-corrected chi connectivity index (χ2v) is 17.4. The predicted molar refractivity (Wildman–Crippen MR) is 314 cm³/mol. The summed E-state index contributed by atoms with van der Waals surface area (Å²) in [5.41, 5.74) is 10.4. The summed E-state index contributed by atoms with van der Waals surface area (Å²) < 4.78 is 36.1. The van der Waals surface area contributed by atoms with Crippen LogP contribution in [0.25, 0.3) is 0 Å². The maximum atomic E-state index is 11.4. The fourth-order valence-electron chi connectivity index (χ4n) is 6.71. The van der Waals surface area contributed by atoms with Gasteiger partial charge in [-0.2, -0.15) is 0 Å². The number of nitrogens with one attached hydrogen (secondary N) is 2. The van der Waals surface area contributed by atoms with Crippen LogP contribution in [-0.2, 0) is 98.2 Å². The number of rotatable bonds is 23. The van der Waals surface area contributed by atoms with Crippen molar-refractivity contribution >= 4 is 59.3 Å². The van der Waals surface area contributed by atoms with E-state index in [0.717, 1.165) is 73.4 Å². The minimum atomic E-state index is -0.666. The van der Waals surface area contributed by atoms with Gasteiger partial charge in [0.05, 0.1) is 19.6 Å². The average Bonchev–Trinajstić information content (AvgIpc) is 4.40. The van der Waals surface area contributed by atoms with Crippen LogP contribution in [0.2, 0.25) is 0 Å². The van der Waals surface area contributed by atoms with E-state index in [1.807, 2.05) is 103 Å². The first-order valence-electron chi connectivity index (χ1n) is 25.4. The molecule has 21 nitrogen and oxygen atoms in total. The number of aldehydes is 1. The van der Waals surface area contributed by atoms with E-state index in [1.54, 1.807) is 18.2 Å². The van der Waals surface area contributed by atoms with E-state index in [0.29, 0.717) is 36.4 Å². The van der Waals surface area contributed by atoms with Crippen molar-refractivity contribution in [1.82, 2.24) is 10.6 Å². The first-order valence-corrected chi connectivity index (χ1v) is 25.8. The van der Waals surface area contributed by atoms with E-state index in [9.17, 15) is 28.8 Å². The van der Waals surface area contributed by atoms with Crippen molar-refractivity contribution in [3.05, 3.63) is 232 Å². The van der Waals surface area contributed by atoms with Crippen LogP contribution in [0.5, 0.6) is 5.95 Å². The van der Waals surface area contributed by atoms with Gasteiger partial charge in [-0.1, -0.05) is 121 Å². The molecule has 24 heteroatoms. The monoisotopic (exact) mass is 1210 g/mol. The Bertz CT molecular complexity index is 3000. The third kappa shape index (κ3) is 37.0. The Kier molecular flexibility index (Phi) is 44.9. The molecule has 0 saturated heterocycles. The zero-order chi connectivity index (χ0) is 58.9. The third-order valence-electron chi connectivity index (χ3n) is 10.7. The number of aliphatic hydroxyl groups is 1. The van der Waals surface area contributed by atoms with Gasteiger partial charge in [0.25, 0.3) is 17.1 Å². The van der Waals surface area contributed by atoms with Crippen molar-refractivity contribution in [3.63, 3.8) is 0 Å². The Labute approximate surface area is 516 Å². The Morgan fingerprint density at radius 1 is 0.518 bits per heavy atom. The Hall–Kier alpha value is -8.04. The van der Waals surface area contributed by atoms with Crippen molar-refractivity contribution in [2.24, 2.45) is 11.6 Å². The van der Waals surface area contributed by atoms with Gasteiger partial charge in [0.2, 0.25) is 5.91 Å². The normalized spacial score (nSPS) is 9.40. The average molecular weight is 1210 g/mol. The number of amides is 2. The number of hydrogen-bond acceptors (Lipinski definition) is 18. The molecule has 0 aliphatic carbocycles.